The Kier molecular flexibility index (Phi) is 5.49. The predicted octanol–water partition coefficient (Wildman–Crippen LogP) is 2.85. The standard InChI is InChI=1S/C22H24N2O6S/c1-14-11-23(22(26)30-18-12-29-13-18)21-10-17(6-9-20(21)24(14)15(2)25)16-4-7-19(8-5-16)31(3,27)28/h4-10,14,18H,11-13H2,1-3H3. The molecule has 31 heavy (non-hydrogen) atoms. The van der Waals surface area contributed by atoms with Crippen LogP contribution >= 0.6 is 0 Å². The zero-order valence-corrected chi connectivity index (χ0v) is 18.4. The summed E-state index contributed by atoms with van der Waals surface area (Å²) in [6.45, 7) is 4.45. The van der Waals surface area contributed by atoms with Crippen molar-refractivity contribution >= 4 is 33.2 Å². The molecular formula is C22H24N2O6S. The van der Waals surface area contributed by atoms with E-state index in [1.54, 1.807) is 40.1 Å². The van der Waals surface area contributed by atoms with E-state index in [1.807, 2.05) is 19.1 Å². The van der Waals surface area contributed by atoms with Gasteiger partial charge in [-0.15, -0.1) is 0 Å². The van der Waals surface area contributed by atoms with Gasteiger partial charge in [0.2, 0.25) is 5.91 Å². The van der Waals surface area contributed by atoms with Crippen LogP contribution in [0.25, 0.3) is 11.1 Å². The van der Waals surface area contributed by atoms with E-state index in [0.717, 1.165) is 17.4 Å². The molecule has 1 saturated heterocycles. The van der Waals surface area contributed by atoms with Crippen LogP contribution in [0.15, 0.2) is 47.4 Å². The van der Waals surface area contributed by atoms with Gasteiger partial charge >= 0.3 is 6.09 Å². The number of anilines is 2. The fourth-order valence-corrected chi connectivity index (χ4v) is 4.47. The minimum atomic E-state index is -3.29. The van der Waals surface area contributed by atoms with E-state index in [-0.39, 0.29) is 22.9 Å². The minimum absolute atomic E-state index is 0.112. The molecule has 2 heterocycles. The highest BCUT2D eigenvalue weighted by Gasteiger charge is 2.36. The third-order valence-corrected chi connectivity index (χ3v) is 6.59. The molecule has 2 aromatic carbocycles. The summed E-state index contributed by atoms with van der Waals surface area (Å²) in [5, 5.41) is 0. The molecule has 0 aromatic heterocycles. The summed E-state index contributed by atoms with van der Waals surface area (Å²) in [5.41, 5.74) is 2.79. The summed E-state index contributed by atoms with van der Waals surface area (Å²) in [6, 6.07) is 11.8. The van der Waals surface area contributed by atoms with Crippen molar-refractivity contribution in [1.29, 1.82) is 0 Å². The van der Waals surface area contributed by atoms with Gasteiger partial charge in [-0.3, -0.25) is 9.69 Å². The first-order valence-corrected chi connectivity index (χ1v) is 11.8. The molecule has 0 bridgehead atoms. The Labute approximate surface area is 181 Å². The van der Waals surface area contributed by atoms with Crippen LogP contribution < -0.4 is 9.80 Å². The van der Waals surface area contributed by atoms with E-state index in [4.69, 9.17) is 9.47 Å². The highest BCUT2D eigenvalue weighted by atomic mass is 32.2. The number of carbonyl (C=O) groups is 2. The maximum Gasteiger partial charge on any atom is 0.414 e. The SMILES string of the molecule is CC(=O)N1c2ccc(-c3ccc(S(C)(=O)=O)cc3)cc2N(C(=O)OC2COC2)CC1C. The van der Waals surface area contributed by atoms with Crippen LogP contribution in [0.2, 0.25) is 0 Å². The van der Waals surface area contributed by atoms with Crippen LogP contribution in [0, 0.1) is 0 Å². The highest BCUT2D eigenvalue weighted by molar-refractivity contribution is 7.90. The second-order valence-electron chi connectivity index (χ2n) is 7.89. The van der Waals surface area contributed by atoms with E-state index in [0.29, 0.717) is 31.1 Å². The lowest BCUT2D eigenvalue weighted by Crippen LogP contribution is -2.53. The summed E-state index contributed by atoms with van der Waals surface area (Å²) >= 11 is 0. The van der Waals surface area contributed by atoms with Crippen molar-refractivity contribution in [2.75, 3.05) is 35.8 Å². The molecule has 0 N–H and O–H groups in total. The molecule has 2 aliphatic rings. The second-order valence-corrected chi connectivity index (χ2v) is 9.91. The number of ether oxygens (including phenoxy) is 2. The lowest BCUT2D eigenvalue weighted by molar-refractivity contribution is -0.117. The third kappa shape index (κ3) is 4.15. The maximum absolute atomic E-state index is 12.9. The minimum Gasteiger partial charge on any atom is -0.441 e. The topological polar surface area (TPSA) is 93.2 Å². The van der Waals surface area contributed by atoms with Crippen LogP contribution in [-0.4, -0.2) is 58.6 Å². The monoisotopic (exact) mass is 444 g/mol. The fourth-order valence-electron chi connectivity index (χ4n) is 3.84. The molecule has 4 rings (SSSR count). The van der Waals surface area contributed by atoms with Crippen LogP contribution in [0.5, 0.6) is 0 Å². The van der Waals surface area contributed by atoms with E-state index >= 15 is 0 Å². The van der Waals surface area contributed by atoms with Gasteiger partial charge in [-0.1, -0.05) is 18.2 Å². The van der Waals surface area contributed by atoms with Gasteiger partial charge in [-0.2, -0.15) is 0 Å². The van der Waals surface area contributed by atoms with Gasteiger partial charge < -0.3 is 14.4 Å². The average molecular weight is 445 g/mol. The predicted molar refractivity (Wildman–Crippen MR) is 116 cm³/mol. The van der Waals surface area contributed by atoms with E-state index < -0.39 is 15.9 Å². The van der Waals surface area contributed by atoms with Crippen molar-refractivity contribution in [2.24, 2.45) is 0 Å². The number of amides is 2. The second kappa shape index (κ2) is 7.97. The Morgan fingerprint density at radius 1 is 1.03 bits per heavy atom. The van der Waals surface area contributed by atoms with Crippen LogP contribution in [0.4, 0.5) is 16.2 Å². The average Bonchev–Trinajstić information content (AvgIpc) is 2.68. The van der Waals surface area contributed by atoms with Crippen molar-refractivity contribution in [2.45, 2.75) is 30.9 Å². The van der Waals surface area contributed by atoms with Crippen LogP contribution in [0.3, 0.4) is 0 Å². The molecule has 0 aliphatic carbocycles. The highest BCUT2D eigenvalue weighted by Crippen LogP contribution is 2.39. The van der Waals surface area contributed by atoms with Gasteiger partial charge in [-0.05, 0) is 42.3 Å². The number of rotatable bonds is 3. The number of sulfone groups is 1. The first kappa shape index (κ1) is 21.3. The number of fused-ring (bicyclic) bond motifs is 1. The van der Waals surface area contributed by atoms with Crippen molar-refractivity contribution in [1.82, 2.24) is 0 Å². The van der Waals surface area contributed by atoms with Gasteiger partial charge in [0, 0.05) is 19.7 Å². The normalized spacial score (nSPS) is 18.9. The molecule has 164 valence electrons. The molecule has 2 aromatic rings. The van der Waals surface area contributed by atoms with E-state index in [2.05, 4.69) is 0 Å². The van der Waals surface area contributed by atoms with Gasteiger partial charge in [0.15, 0.2) is 15.9 Å². The summed E-state index contributed by atoms with van der Waals surface area (Å²) in [4.78, 5) is 28.6. The fraction of sp³-hybridized carbons (Fsp3) is 0.364. The lowest BCUT2D eigenvalue weighted by Gasteiger charge is -2.41. The molecule has 8 nitrogen and oxygen atoms in total. The summed E-state index contributed by atoms with van der Waals surface area (Å²) in [7, 11) is -3.29. The van der Waals surface area contributed by atoms with Gasteiger partial charge in [0.25, 0.3) is 0 Å². The van der Waals surface area contributed by atoms with Crippen molar-refractivity contribution in [3.63, 3.8) is 0 Å². The lowest BCUT2D eigenvalue weighted by atomic mass is 10.0. The Bertz CT molecular complexity index is 1130. The maximum atomic E-state index is 12.9. The Balaban J connectivity index is 1.73. The number of benzene rings is 2. The van der Waals surface area contributed by atoms with Crippen molar-refractivity contribution < 1.29 is 27.5 Å². The molecule has 0 saturated carbocycles. The van der Waals surface area contributed by atoms with Crippen molar-refractivity contribution in [3.05, 3.63) is 42.5 Å². The number of nitrogens with zero attached hydrogens (tertiary/aromatic N) is 2. The first-order valence-electron chi connectivity index (χ1n) is 9.95. The summed E-state index contributed by atoms with van der Waals surface area (Å²) in [5.74, 6) is -0.112. The molecule has 9 heteroatoms. The molecule has 2 aliphatic heterocycles. The van der Waals surface area contributed by atoms with Gasteiger partial charge in [0.05, 0.1) is 35.5 Å². The molecule has 0 radical (unpaired) electrons. The Morgan fingerprint density at radius 2 is 1.68 bits per heavy atom. The van der Waals surface area contributed by atoms with Gasteiger partial charge in [-0.25, -0.2) is 13.2 Å². The summed E-state index contributed by atoms with van der Waals surface area (Å²) < 4.78 is 34.1. The van der Waals surface area contributed by atoms with Crippen molar-refractivity contribution in [3.8, 4) is 11.1 Å². The largest absolute Gasteiger partial charge is 0.441 e. The Hall–Kier alpha value is -2.91. The Morgan fingerprint density at radius 3 is 2.23 bits per heavy atom. The quantitative estimate of drug-likeness (QED) is 0.723. The van der Waals surface area contributed by atoms with E-state index in [9.17, 15) is 18.0 Å². The summed E-state index contributed by atoms with van der Waals surface area (Å²) in [6.07, 6.45) is 0.424. The molecule has 2 amide bonds. The van der Waals surface area contributed by atoms with Crippen LogP contribution in [-0.2, 0) is 24.1 Å². The molecule has 1 unspecified atom stereocenters. The number of hydrogen-bond acceptors (Lipinski definition) is 6. The third-order valence-electron chi connectivity index (χ3n) is 5.46. The smallest absolute Gasteiger partial charge is 0.414 e. The van der Waals surface area contributed by atoms with Gasteiger partial charge in [0.1, 0.15) is 0 Å². The zero-order chi connectivity index (χ0) is 22.3. The van der Waals surface area contributed by atoms with Crippen LogP contribution in [0.1, 0.15) is 13.8 Å². The molecule has 1 fully saturated rings. The molecule has 0 spiro atoms. The molecular weight excluding hydrogens is 420 g/mol. The number of carbonyl (C=O) groups excluding carboxylic acids is 2. The first-order chi connectivity index (χ1) is 14.6. The van der Waals surface area contributed by atoms with E-state index in [1.165, 1.54) is 6.92 Å². The number of hydrogen-bond donors (Lipinski definition) is 0. The molecule has 1 atom stereocenters. The zero-order valence-electron chi connectivity index (χ0n) is 17.6.